The molecule has 2 fully saturated rings. The van der Waals surface area contributed by atoms with E-state index in [9.17, 15) is 8.42 Å². The van der Waals surface area contributed by atoms with Crippen LogP contribution in [0.3, 0.4) is 0 Å². The first kappa shape index (κ1) is 16.9. The van der Waals surface area contributed by atoms with Crippen LogP contribution in [0.1, 0.15) is 71.5 Å². The predicted molar refractivity (Wildman–Crippen MR) is 89.4 cm³/mol. The Bertz CT molecular complexity index is 670. The number of nitrogens with one attached hydrogen (secondary N) is 1. The first-order valence-corrected chi connectivity index (χ1v) is 10.2. The van der Waals surface area contributed by atoms with Gasteiger partial charge in [0.1, 0.15) is 5.69 Å². The summed E-state index contributed by atoms with van der Waals surface area (Å²) in [6, 6.07) is 0.205. The van der Waals surface area contributed by atoms with Crippen LogP contribution in [0.2, 0.25) is 0 Å². The van der Waals surface area contributed by atoms with E-state index in [1.807, 2.05) is 33.9 Å². The van der Waals surface area contributed by atoms with E-state index >= 15 is 0 Å². The summed E-state index contributed by atoms with van der Waals surface area (Å²) in [5.41, 5.74) is -0.0792. The third-order valence-electron chi connectivity index (χ3n) is 5.47. The lowest BCUT2D eigenvalue weighted by molar-refractivity contribution is 0.329. The van der Waals surface area contributed by atoms with Crippen molar-refractivity contribution in [2.75, 3.05) is 5.75 Å². The molecule has 1 aromatic heterocycles. The van der Waals surface area contributed by atoms with Crippen LogP contribution >= 0.6 is 0 Å². The van der Waals surface area contributed by atoms with Crippen molar-refractivity contribution in [3.63, 3.8) is 0 Å². The lowest BCUT2D eigenvalue weighted by Crippen LogP contribution is -2.45. The van der Waals surface area contributed by atoms with Crippen LogP contribution in [0.5, 0.6) is 0 Å². The van der Waals surface area contributed by atoms with Crippen molar-refractivity contribution in [2.24, 2.45) is 11.3 Å². The van der Waals surface area contributed by atoms with E-state index in [1.54, 1.807) is 4.68 Å². The molecule has 0 aliphatic heterocycles. The van der Waals surface area contributed by atoms with E-state index in [1.165, 1.54) is 12.8 Å². The van der Waals surface area contributed by atoms with Gasteiger partial charge in [-0.15, -0.1) is 5.10 Å². The maximum atomic E-state index is 12.7. The Morgan fingerprint density at radius 2 is 2.04 bits per heavy atom. The molecule has 7 heteroatoms. The maximum absolute atomic E-state index is 12.7. The van der Waals surface area contributed by atoms with Crippen LogP contribution in [-0.4, -0.2) is 29.2 Å². The standard InChI is InChI=1S/C16H28N4O2S/c1-12(2)20-10-14(17-19-20)15(3,4)18-23(21,22)11-16-7-5-13(9-16)6-8-16/h10,12-13,18H,5-9,11H2,1-4H3. The third kappa shape index (κ3) is 3.45. The molecule has 2 aliphatic carbocycles. The minimum Gasteiger partial charge on any atom is -0.250 e. The molecule has 0 atom stereocenters. The molecule has 0 amide bonds. The Morgan fingerprint density at radius 3 is 2.52 bits per heavy atom. The molecule has 130 valence electrons. The van der Waals surface area contributed by atoms with Gasteiger partial charge in [0, 0.05) is 6.04 Å². The summed E-state index contributed by atoms with van der Waals surface area (Å²) >= 11 is 0. The van der Waals surface area contributed by atoms with Crippen LogP contribution in [0.25, 0.3) is 0 Å². The zero-order valence-electron chi connectivity index (χ0n) is 14.5. The second kappa shape index (κ2) is 5.55. The van der Waals surface area contributed by atoms with Crippen molar-refractivity contribution >= 4 is 10.0 Å². The average Bonchev–Trinajstić information content (AvgIpc) is 3.11. The number of nitrogens with zero attached hydrogens (tertiary/aromatic N) is 3. The second-order valence-electron chi connectivity index (χ2n) is 8.31. The lowest BCUT2D eigenvalue weighted by Gasteiger charge is -2.29. The zero-order chi connectivity index (χ0) is 16.9. The highest BCUT2D eigenvalue weighted by Crippen LogP contribution is 2.54. The molecule has 0 unspecified atom stereocenters. The molecule has 1 N–H and O–H groups in total. The largest absolute Gasteiger partial charge is 0.250 e. The number of hydrogen-bond donors (Lipinski definition) is 1. The van der Waals surface area contributed by atoms with Crippen LogP contribution in [-0.2, 0) is 15.6 Å². The van der Waals surface area contributed by atoms with Gasteiger partial charge < -0.3 is 0 Å². The smallest absolute Gasteiger partial charge is 0.212 e. The fraction of sp³-hybridized carbons (Fsp3) is 0.875. The molecule has 2 bridgehead atoms. The summed E-state index contributed by atoms with van der Waals surface area (Å²) in [4.78, 5) is 0. The van der Waals surface area contributed by atoms with Gasteiger partial charge in [0.25, 0.3) is 0 Å². The Labute approximate surface area is 139 Å². The Hall–Kier alpha value is -0.950. The average molecular weight is 340 g/mol. The lowest BCUT2D eigenvalue weighted by atomic mass is 9.87. The first-order valence-electron chi connectivity index (χ1n) is 8.55. The Balaban J connectivity index is 1.73. The second-order valence-corrected chi connectivity index (χ2v) is 10.0. The highest BCUT2D eigenvalue weighted by Gasteiger charge is 2.47. The van der Waals surface area contributed by atoms with Crippen molar-refractivity contribution in [3.8, 4) is 0 Å². The molecule has 2 saturated carbocycles. The van der Waals surface area contributed by atoms with Gasteiger partial charge >= 0.3 is 0 Å². The van der Waals surface area contributed by atoms with Gasteiger partial charge in [-0.25, -0.2) is 17.8 Å². The molecule has 0 aromatic carbocycles. The third-order valence-corrected chi connectivity index (χ3v) is 7.29. The molecule has 1 aromatic rings. The van der Waals surface area contributed by atoms with Crippen LogP contribution in [0, 0.1) is 11.3 Å². The SMILES string of the molecule is CC(C)n1cc(C(C)(C)NS(=O)(=O)CC23CCC(CC2)C3)nn1. The molecule has 0 saturated heterocycles. The highest BCUT2D eigenvalue weighted by molar-refractivity contribution is 7.89. The molecule has 23 heavy (non-hydrogen) atoms. The van der Waals surface area contributed by atoms with Gasteiger partial charge in [-0.2, -0.15) is 0 Å². The van der Waals surface area contributed by atoms with Gasteiger partial charge in [0.05, 0.1) is 17.5 Å². The molecule has 0 spiro atoms. The van der Waals surface area contributed by atoms with Crippen molar-refractivity contribution in [2.45, 2.75) is 71.4 Å². The number of fused-ring (bicyclic) bond motifs is 2. The van der Waals surface area contributed by atoms with E-state index in [2.05, 4.69) is 15.0 Å². The van der Waals surface area contributed by atoms with Gasteiger partial charge in [-0.05, 0) is 71.1 Å². The quantitative estimate of drug-likeness (QED) is 0.863. The fourth-order valence-electron chi connectivity index (χ4n) is 4.21. The first-order chi connectivity index (χ1) is 10.6. The number of hydrogen-bond acceptors (Lipinski definition) is 4. The van der Waals surface area contributed by atoms with Crippen molar-refractivity contribution in [3.05, 3.63) is 11.9 Å². The van der Waals surface area contributed by atoms with E-state index in [-0.39, 0.29) is 17.2 Å². The monoisotopic (exact) mass is 340 g/mol. The van der Waals surface area contributed by atoms with E-state index in [0.29, 0.717) is 5.69 Å². The normalized spacial score (nSPS) is 28.0. The summed E-state index contributed by atoms with van der Waals surface area (Å²) in [5.74, 6) is 1.00. The van der Waals surface area contributed by atoms with E-state index in [0.717, 1.165) is 25.2 Å². The highest BCUT2D eigenvalue weighted by atomic mass is 32.2. The molecule has 0 radical (unpaired) electrons. The number of rotatable bonds is 6. The van der Waals surface area contributed by atoms with Gasteiger partial charge in [-0.1, -0.05) is 5.21 Å². The number of sulfonamides is 1. The molecule has 2 aliphatic rings. The van der Waals surface area contributed by atoms with E-state index in [4.69, 9.17) is 0 Å². The van der Waals surface area contributed by atoms with Gasteiger partial charge in [-0.3, -0.25) is 0 Å². The van der Waals surface area contributed by atoms with Crippen LogP contribution in [0.15, 0.2) is 6.20 Å². The van der Waals surface area contributed by atoms with E-state index < -0.39 is 15.6 Å². The Kier molecular flexibility index (Phi) is 4.08. The van der Waals surface area contributed by atoms with Gasteiger partial charge in [0.2, 0.25) is 10.0 Å². The Morgan fingerprint density at radius 1 is 1.39 bits per heavy atom. The minimum atomic E-state index is -3.35. The predicted octanol–water partition coefficient (Wildman–Crippen LogP) is 2.59. The summed E-state index contributed by atoms with van der Waals surface area (Å²) in [5, 5.41) is 8.24. The van der Waals surface area contributed by atoms with Crippen LogP contribution in [0.4, 0.5) is 0 Å². The molecule has 1 heterocycles. The van der Waals surface area contributed by atoms with Crippen molar-refractivity contribution in [1.82, 2.24) is 19.7 Å². The summed E-state index contributed by atoms with van der Waals surface area (Å²) in [6.45, 7) is 7.74. The van der Waals surface area contributed by atoms with Crippen molar-refractivity contribution in [1.29, 1.82) is 0 Å². The maximum Gasteiger partial charge on any atom is 0.212 e. The summed E-state index contributed by atoms with van der Waals surface area (Å²) < 4.78 is 30.1. The zero-order valence-corrected chi connectivity index (χ0v) is 15.4. The molecular weight excluding hydrogens is 312 g/mol. The van der Waals surface area contributed by atoms with Crippen LogP contribution < -0.4 is 4.72 Å². The molecule has 6 nitrogen and oxygen atoms in total. The number of aromatic nitrogens is 3. The molecule has 3 rings (SSSR count). The minimum absolute atomic E-state index is 0.0160. The van der Waals surface area contributed by atoms with Crippen molar-refractivity contribution < 1.29 is 8.42 Å². The topological polar surface area (TPSA) is 76.9 Å². The molecular formula is C16H28N4O2S. The summed E-state index contributed by atoms with van der Waals surface area (Å²) in [6.07, 6.45) is 7.42. The summed E-state index contributed by atoms with van der Waals surface area (Å²) in [7, 11) is -3.35. The van der Waals surface area contributed by atoms with Gasteiger partial charge in [0.15, 0.2) is 0 Å². The fourth-order valence-corrected chi connectivity index (χ4v) is 6.38.